The van der Waals surface area contributed by atoms with E-state index in [9.17, 15) is 4.79 Å². The summed E-state index contributed by atoms with van der Waals surface area (Å²) in [5, 5.41) is 8.00. The van der Waals surface area contributed by atoms with Gasteiger partial charge in [0.1, 0.15) is 5.75 Å². The Kier molecular flexibility index (Phi) is 6.55. The van der Waals surface area contributed by atoms with Crippen molar-refractivity contribution in [1.29, 1.82) is 0 Å². The third kappa shape index (κ3) is 4.80. The highest BCUT2D eigenvalue weighted by atomic mass is 28.1. The van der Waals surface area contributed by atoms with E-state index >= 15 is 0 Å². The molecule has 184 valence electrons. The number of rotatable bonds is 9. The first-order valence-corrected chi connectivity index (χ1v) is 14.0. The molecule has 6 nitrogen and oxygen atoms in total. The summed E-state index contributed by atoms with van der Waals surface area (Å²) in [6.45, 7) is 6.19. The van der Waals surface area contributed by atoms with E-state index in [1.54, 1.807) is 0 Å². The van der Waals surface area contributed by atoms with Crippen LogP contribution in [0.3, 0.4) is 0 Å². The minimum atomic E-state index is -0.361. The van der Waals surface area contributed by atoms with Crippen molar-refractivity contribution >= 4 is 32.7 Å². The largest absolute Gasteiger partial charge is 0.494 e. The lowest BCUT2D eigenvalue weighted by molar-refractivity contribution is 0.0562. The Hall–Kier alpha value is -2.90. The van der Waals surface area contributed by atoms with Crippen molar-refractivity contribution in [3.05, 3.63) is 65.4 Å². The highest BCUT2D eigenvalue weighted by Crippen LogP contribution is 2.49. The first-order chi connectivity index (χ1) is 16.9. The molecule has 0 bridgehead atoms. The zero-order chi connectivity index (χ0) is 24.6. The Bertz CT molecular complexity index is 1240. The van der Waals surface area contributed by atoms with Crippen LogP contribution in [-0.2, 0) is 5.54 Å². The molecule has 2 atom stereocenters. The fourth-order valence-corrected chi connectivity index (χ4v) is 6.28. The number of aromatic nitrogens is 1. The maximum atomic E-state index is 13.6. The average Bonchev–Trinajstić information content (AvgIpc) is 3.62. The Morgan fingerprint density at radius 2 is 2.11 bits per heavy atom. The second kappa shape index (κ2) is 9.63. The summed E-state index contributed by atoms with van der Waals surface area (Å²) in [4.78, 5) is 20.5. The van der Waals surface area contributed by atoms with Gasteiger partial charge in [0.25, 0.3) is 5.91 Å². The number of nitrogens with zero attached hydrogens (tertiary/aromatic N) is 2. The molecule has 1 aromatic heterocycles. The predicted octanol–water partition coefficient (Wildman–Crippen LogP) is 3.56. The normalized spacial score (nSPS) is 19.7. The quantitative estimate of drug-likeness (QED) is 0.451. The molecule has 1 aliphatic carbocycles. The van der Waals surface area contributed by atoms with Crippen molar-refractivity contribution in [3.63, 3.8) is 0 Å². The molecule has 1 saturated heterocycles. The van der Waals surface area contributed by atoms with E-state index in [0.717, 1.165) is 76.1 Å². The lowest BCUT2D eigenvalue weighted by Crippen LogP contribution is -2.53. The lowest BCUT2D eigenvalue weighted by atomic mass is 9.97. The van der Waals surface area contributed by atoms with E-state index in [1.807, 2.05) is 37.4 Å². The summed E-state index contributed by atoms with van der Waals surface area (Å²) >= 11 is 0. The number of nitrogens with one attached hydrogen (secondary N) is 2. The highest BCUT2D eigenvalue weighted by Gasteiger charge is 2.47. The minimum absolute atomic E-state index is 0.0416. The number of likely N-dealkylation sites (tertiary alicyclic amines) is 1. The van der Waals surface area contributed by atoms with E-state index in [0.29, 0.717) is 11.6 Å². The molecule has 2 aromatic carbocycles. The van der Waals surface area contributed by atoms with Gasteiger partial charge in [-0.25, -0.2) is 0 Å². The van der Waals surface area contributed by atoms with Crippen LogP contribution >= 0.6 is 0 Å². The van der Waals surface area contributed by atoms with Crippen molar-refractivity contribution in [1.82, 2.24) is 15.2 Å². The van der Waals surface area contributed by atoms with E-state index in [2.05, 4.69) is 52.7 Å². The van der Waals surface area contributed by atoms with Crippen LogP contribution in [-0.4, -0.2) is 57.9 Å². The average molecular weight is 489 g/mol. The number of anilines is 1. The van der Waals surface area contributed by atoms with Gasteiger partial charge >= 0.3 is 0 Å². The number of carbonyl (C=O) groups is 1. The molecule has 2 heterocycles. The first kappa shape index (κ1) is 23.8. The molecule has 5 rings (SSSR count). The van der Waals surface area contributed by atoms with Crippen LogP contribution in [0.1, 0.15) is 54.1 Å². The summed E-state index contributed by atoms with van der Waals surface area (Å²) in [7, 11) is 3.10. The van der Waals surface area contributed by atoms with Crippen LogP contribution in [0.25, 0.3) is 10.9 Å². The summed E-state index contributed by atoms with van der Waals surface area (Å²) < 4.78 is 6.30. The summed E-state index contributed by atoms with van der Waals surface area (Å²) in [6, 6.07) is 14.8. The highest BCUT2D eigenvalue weighted by molar-refractivity contribution is 6.11. The van der Waals surface area contributed by atoms with Gasteiger partial charge in [0, 0.05) is 35.4 Å². The van der Waals surface area contributed by atoms with Gasteiger partial charge in [-0.05, 0) is 87.7 Å². The zero-order valence-electron chi connectivity index (χ0n) is 21.2. The third-order valence-electron chi connectivity index (χ3n) is 7.58. The SMILES string of the molecule is CCCNc1cc(C2(NC(=O)c3cc(OC([SiH3])[C@@H]4CCN4C)ccc3C)CC2)c2cccnc2c1. The second-order valence-electron chi connectivity index (χ2n) is 10.2. The van der Waals surface area contributed by atoms with Crippen LogP contribution < -0.4 is 15.4 Å². The first-order valence-electron chi connectivity index (χ1n) is 12.8. The van der Waals surface area contributed by atoms with Crippen molar-refractivity contribution in [3.8, 4) is 5.75 Å². The molecular formula is C28H36N4O2Si. The number of benzene rings is 2. The fraction of sp³-hybridized carbons (Fsp3) is 0.429. The standard InChI is InChI=1S/C28H36N4O2Si/c1-4-12-29-19-15-23(21-6-5-13-30-24(21)16-19)28(10-11-28)31-26(33)22-17-20(8-7-18(22)2)34-27(35)25-9-14-32(25)3/h5-8,13,15-17,25,27,29H,4,9-12,14H2,1-3,35H3,(H,31,33)/t25-,27?/m0/s1. The number of amides is 1. The van der Waals surface area contributed by atoms with Gasteiger partial charge < -0.3 is 20.3 Å². The van der Waals surface area contributed by atoms with Gasteiger partial charge in [-0.2, -0.15) is 0 Å². The van der Waals surface area contributed by atoms with Crippen molar-refractivity contribution < 1.29 is 9.53 Å². The van der Waals surface area contributed by atoms with E-state index < -0.39 is 0 Å². The van der Waals surface area contributed by atoms with Gasteiger partial charge in [-0.15, -0.1) is 0 Å². The molecule has 0 radical (unpaired) electrons. The van der Waals surface area contributed by atoms with E-state index in [-0.39, 0.29) is 17.2 Å². The molecule has 35 heavy (non-hydrogen) atoms. The maximum Gasteiger partial charge on any atom is 0.252 e. The van der Waals surface area contributed by atoms with Crippen LogP contribution in [0.15, 0.2) is 48.7 Å². The number of pyridine rings is 1. The summed E-state index contributed by atoms with van der Waals surface area (Å²) in [5.41, 5.74) is 4.66. The Morgan fingerprint density at radius 3 is 2.80 bits per heavy atom. The number of ether oxygens (including phenoxy) is 1. The number of carbonyl (C=O) groups excluding carboxylic acids is 1. The van der Waals surface area contributed by atoms with Crippen LogP contribution in [0, 0.1) is 6.92 Å². The fourth-order valence-electron chi connectivity index (χ4n) is 5.16. The summed E-state index contributed by atoms with van der Waals surface area (Å²) in [6.07, 6.45) is 5.90. The molecule has 1 aliphatic heterocycles. The van der Waals surface area contributed by atoms with Crippen LogP contribution in [0.5, 0.6) is 5.75 Å². The zero-order valence-corrected chi connectivity index (χ0v) is 23.2. The molecule has 2 N–H and O–H groups in total. The number of aryl methyl sites for hydroxylation is 1. The molecule has 0 spiro atoms. The van der Waals surface area contributed by atoms with Crippen molar-refractivity contribution in [2.24, 2.45) is 0 Å². The van der Waals surface area contributed by atoms with Crippen molar-refractivity contribution in [2.45, 2.75) is 56.8 Å². The number of hydrogen-bond donors (Lipinski definition) is 2. The molecule has 2 fully saturated rings. The molecule has 1 unspecified atom stereocenters. The van der Waals surface area contributed by atoms with Gasteiger partial charge in [-0.3, -0.25) is 9.78 Å². The summed E-state index contributed by atoms with van der Waals surface area (Å²) in [5.74, 6) is 0.742. The second-order valence-corrected chi connectivity index (χ2v) is 11.3. The van der Waals surface area contributed by atoms with Gasteiger partial charge in [0.15, 0.2) is 0 Å². The molecule has 3 aromatic rings. The number of fused-ring (bicyclic) bond motifs is 1. The molecule has 7 heteroatoms. The van der Waals surface area contributed by atoms with E-state index in [1.165, 1.54) is 6.42 Å². The topological polar surface area (TPSA) is 66.5 Å². The van der Waals surface area contributed by atoms with Crippen LogP contribution in [0.4, 0.5) is 5.69 Å². The van der Waals surface area contributed by atoms with E-state index in [4.69, 9.17) is 4.74 Å². The van der Waals surface area contributed by atoms with Crippen LogP contribution in [0.2, 0.25) is 0 Å². The maximum absolute atomic E-state index is 13.6. The Labute approximate surface area is 210 Å². The van der Waals surface area contributed by atoms with Crippen molar-refractivity contribution in [2.75, 3.05) is 25.5 Å². The number of hydrogen-bond acceptors (Lipinski definition) is 5. The Balaban J connectivity index is 1.40. The predicted molar refractivity (Wildman–Crippen MR) is 145 cm³/mol. The monoisotopic (exact) mass is 488 g/mol. The Morgan fingerprint density at radius 1 is 1.29 bits per heavy atom. The smallest absolute Gasteiger partial charge is 0.252 e. The lowest BCUT2D eigenvalue weighted by Gasteiger charge is -2.41. The van der Waals surface area contributed by atoms with Gasteiger partial charge in [0.2, 0.25) is 0 Å². The third-order valence-corrected chi connectivity index (χ3v) is 8.58. The molecule has 1 saturated carbocycles. The molecular weight excluding hydrogens is 452 g/mol. The molecule has 2 aliphatic rings. The van der Waals surface area contributed by atoms with Gasteiger partial charge in [-0.1, -0.05) is 19.1 Å². The number of likely N-dealkylation sites (N-methyl/N-ethyl adjacent to an activating group) is 1. The van der Waals surface area contributed by atoms with Gasteiger partial charge in [0.05, 0.1) is 27.0 Å². The molecule has 1 amide bonds. The minimum Gasteiger partial charge on any atom is -0.494 e.